The van der Waals surface area contributed by atoms with Crippen molar-refractivity contribution in [3.63, 3.8) is 0 Å². The molecule has 0 amide bonds. The van der Waals surface area contributed by atoms with E-state index < -0.39 is 42.0 Å². The number of halogens is 5. The number of hydrogen-bond acceptors (Lipinski definition) is 2. The van der Waals surface area contributed by atoms with E-state index in [9.17, 15) is 26.7 Å². The van der Waals surface area contributed by atoms with Gasteiger partial charge < -0.3 is 4.74 Å². The van der Waals surface area contributed by atoms with Gasteiger partial charge in [0.25, 0.3) is 0 Å². The fraction of sp³-hybridized carbons (Fsp3) is 0.318. The van der Waals surface area contributed by atoms with E-state index >= 15 is 0 Å². The topological polar surface area (TPSA) is 26.3 Å². The second-order valence-electron chi connectivity index (χ2n) is 7.46. The predicted molar refractivity (Wildman–Crippen MR) is 97.6 cm³/mol. The summed E-state index contributed by atoms with van der Waals surface area (Å²) in [6.45, 7) is 2.19. The number of rotatable bonds is 4. The molecule has 1 atom stereocenters. The van der Waals surface area contributed by atoms with Crippen LogP contribution < -0.4 is 0 Å². The molecule has 0 aliphatic heterocycles. The molecule has 0 spiro atoms. The Kier molecular flexibility index (Phi) is 5.52. The second-order valence-corrected chi connectivity index (χ2v) is 7.46. The van der Waals surface area contributed by atoms with Crippen LogP contribution in [0.4, 0.5) is 22.0 Å². The molecule has 0 saturated heterocycles. The Bertz CT molecular complexity index is 963. The van der Waals surface area contributed by atoms with Gasteiger partial charge in [0.1, 0.15) is 6.61 Å². The van der Waals surface area contributed by atoms with Crippen molar-refractivity contribution in [3.05, 3.63) is 76.4 Å². The first-order valence-corrected chi connectivity index (χ1v) is 8.98. The van der Waals surface area contributed by atoms with Crippen molar-refractivity contribution in [2.45, 2.75) is 39.5 Å². The van der Waals surface area contributed by atoms with Gasteiger partial charge in [0.15, 0.2) is 11.6 Å². The van der Waals surface area contributed by atoms with Crippen LogP contribution in [0.25, 0.3) is 5.57 Å². The highest BCUT2D eigenvalue weighted by atomic mass is 19.4. The number of ether oxygens (including phenoxy) is 1. The van der Waals surface area contributed by atoms with Crippen LogP contribution in [-0.2, 0) is 16.1 Å². The second kappa shape index (κ2) is 7.61. The summed E-state index contributed by atoms with van der Waals surface area (Å²) in [6.07, 6.45) is -5.68. The van der Waals surface area contributed by atoms with E-state index in [2.05, 4.69) is 0 Å². The largest absolute Gasteiger partial charge is 0.457 e. The molecule has 2 aromatic carbocycles. The molecule has 0 radical (unpaired) electrons. The normalized spacial score (nSPS) is 19.6. The molecule has 0 heterocycles. The fourth-order valence-corrected chi connectivity index (χ4v) is 3.50. The molecule has 0 bridgehead atoms. The first-order chi connectivity index (χ1) is 13.5. The summed E-state index contributed by atoms with van der Waals surface area (Å²) in [5.74, 6) is -3.13. The Balaban J connectivity index is 1.99. The third-order valence-electron chi connectivity index (χ3n) is 5.31. The maximum absolute atomic E-state index is 14.0. The van der Waals surface area contributed by atoms with Gasteiger partial charge in [0.05, 0.1) is 5.41 Å². The highest BCUT2D eigenvalue weighted by Crippen LogP contribution is 2.55. The maximum atomic E-state index is 14.0. The average molecular weight is 410 g/mol. The summed E-state index contributed by atoms with van der Waals surface area (Å²) in [6, 6.07) is 10.8. The van der Waals surface area contributed by atoms with Crippen LogP contribution in [0.2, 0.25) is 0 Å². The molecular formula is C22H19F5O2. The van der Waals surface area contributed by atoms with Crippen LogP contribution in [0, 0.1) is 24.0 Å². The van der Waals surface area contributed by atoms with E-state index in [1.54, 1.807) is 30.3 Å². The van der Waals surface area contributed by atoms with E-state index in [-0.39, 0.29) is 28.9 Å². The van der Waals surface area contributed by atoms with Gasteiger partial charge in [-0.05, 0) is 48.1 Å². The summed E-state index contributed by atoms with van der Waals surface area (Å²) < 4.78 is 73.7. The first kappa shape index (κ1) is 21.0. The van der Waals surface area contributed by atoms with Crippen molar-refractivity contribution >= 4 is 11.5 Å². The molecule has 2 nitrogen and oxygen atoms in total. The Morgan fingerprint density at radius 3 is 2.34 bits per heavy atom. The van der Waals surface area contributed by atoms with Gasteiger partial charge in [-0.1, -0.05) is 43.3 Å². The summed E-state index contributed by atoms with van der Waals surface area (Å²) >= 11 is 0. The predicted octanol–water partition coefficient (Wildman–Crippen LogP) is 6.13. The van der Waals surface area contributed by atoms with Gasteiger partial charge in [0.2, 0.25) is 0 Å². The molecule has 0 aromatic heterocycles. The lowest BCUT2D eigenvalue weighted by molar-refractivity contribution is -0.213. The monoisotopic (exact) mass is 410 g/mol. The highest BCUT2D eigenvalue weighted by Gasteiger charge is 2.56. The van der Waals surface area contributed by atoms with Gasteiger partial charge in [-0.2, -0.15) is 13.2 Å². The summed E-state index contributed by atoms with van der Waals surface area (Å²) in [5.41, 5.74) is -1.68. The Labute approximate surface area is 165 Å². The Hall–Kier alpha value is -2.70. The van der Waals surface area contributed by atoms with Crippen LogP contribution in [0.5, 0.6) is 0 Å². The number of carbonyl (C=O) groups excluding carboxylic acids is 1. The van der Waals surface area contributed by atoms with E-state index in [1.807, 2.05) is 0 Å². The number of carbonyl (C=O) groups is 1. The van der Waals surface area contributed by atoms with Crippen molar-refractivity contribution in [3.8, 4) is 0 Å². The number of esters is 1. The van der Waals surface area contributed by atoms with Crippen LogP contribution >= 0.6 is 0 Å². The van der Waals surface area contributed by atoms with Crippen molar-refractivity contribution in [1.29, 1.82) is 0 Å². The van der Waals surface area contributed by atoms with Gasteiger partial charge in [-0.25, -0.2) is 13.6 Å². The van der Waals surface area contributed by atoms with E-state index in [0.717, 1.165) is 13.0 Å². The zero-order valence-electron chi connectivity index (χ0n) is 15.9. The lowest BCUT2D eigenvalue weighted by atomic mass is 9.84. The number of benzene rings is 2. The highest BCUT2D eigenvalue weighted by molar-refractivity contribution is 5.99. The standard InChI is InChI=1S/C22H19F5O2/c1-13-15(8-9-18(23)19(13)24)16-10-21(2,22(25,26)27)11-17(16)20(28)29-12-14-6-4-3-5-7-14/h3-9H,10-12H2,1-2H3. The third-order valence-corrected chi connectivity index (χ3v) is 5.31. The van der Waals surface area contributed by atoms with Crippen LogP contribution in [0.1, 0.15) is 36.5 Å². The van der Waals surface area contributed by atoms with Crippen LogP contribution in [0.3, 0.4) is 0 Å². The zero-order valence-corrected chi connectivity index (χ0v) is 15.9. The van der Waals surface area contributed by atoms with Crippen LogP contribution in [-0.4, -0.2) is 12.1 Å². The quantitative estimate of drug-likeness (QED) is 0.448. The van der Waals surface area contributed by atoms with Crippen molar-refractivity contribution in [2.24, 2.45) is 5.41 Å². The smallest absolute Gasteiger partial charge is 0.394 e. The minimum atomic E-state index is -4.58. The summed E-state index contributed by atoms with van der Waals surface area (Å²) in [7, 11) is 0. The lowest BCUT2D eigenvalue weighted by Crippen LogP contribution is -2.33. The molecule has 0 fully saturated rings. The Morgan fingerprint density at radius 2 is 1.72 bits per heavy atom. The molecule has 0 saturated carbocycles. The van der Waals surface area contributed by atoms with Crippen molar-refractivity contribution in [1.82, 2.24) is 0 Å². The molecule has 3 rings (SSSR count). The molecule has 2 aromatic rings. The molecule has 1 unspecified atom stereocenters. The molecule has 154 valence electrons. The van der Waals surface area contributed by atoms with Crippen molar-refractivity contribution in [2.75, 3.05) is 0 Å². The maximum Gasteiger partial charge on any atom is 0.394 e. The molecule has 1 aliphatic rings. The number of alkyl halides is 3. The fourth-order valence-electron chi connectivity index (χ4n) is 3.50. The molecule has 1 aliphatic carbocycles. The van der Waals surface area contributed by atoms with E-state index in [4.69, 9.17) is 4.74 Å². The first-order valence-electron chi connectivity index (χ1n) is 8.98. The number of hydrogen-bond donors (Lipinski definition) is 0. The van der Waals surface area contributed by atoms with Crippen molar-refractivity contribution < 1.29 is 31.5 Å². The molecule has 29 heavy (non-hydrogen) atoms. The van der Waals surface area contributed by atoms with Gasteiger partial charge in [-0.15, -0.1) is 0 Å². The number of allylic oxidation sites excluding steroid dienone is 1. The molecule has 7 heteroatoms. The average Bonchev–Trinajstić information content (AvgIpc) is 3.04. The van der Waals surface area contributed by atoms with E-state index in [1.165, 1.54) is 13.0 Å². The lowest BCUT2D eigenvalue weighted by Gasteiger charge is -2.27. The van der Waals surface area contributed by atoms with Crippen LogP contribution in [0.15, 0.2) is 48.0 Å². The van der Waals surface area contributed by atoms with E-state index in [0.29, 0.717) is 5.56 Å². The Morgan fingerprint density at radius 1 is 1.07 bits per heavy atom. The van der Waals surface area contributed by atoms with Gasteiger partial charge in [-0.3, -0.25) is 0 Å². The van der Waals surface area contributed by atoms with Gasteiger partial charge in [0, 0.05) is 5.57 Å². The third kappa shape index (κ3) is 4.04. The molecular weight excluding hydrogens is 391 g/mol. The minimum absolute atomic E-state index is 0.0410. The zero-order chi connectivity index (χ0) is 21.4. The summed E-state index contributed by atoms with van der Waals surface area (Å²) in [5, 5.41) is 0. The van der Waals surface area contributed by atoms with Gasteiger partial charge >= 0.3 is 12.1 Å². The molecule has 0 N–H and O–H groups in total. The summed E-state index contributed by atoms with van der Waals surface area (Å²) in [4.78, 5) is 12.7. The minimum Gasteiger partial charge on any atom is -0.457 e. The SMILES string of the molecule is Cc1c(C2=C(C(=O)OCc3ccccc3)CC(C)(C(F)(F)F)C2)ccc(F)c1F.